The van der Waals surface area contributed by atoms with Crippen molar-refractivity contribution in [2.45, 2.75) is 33.6 Å². The van der Waals surface area contributed by atoms with Gasteiger partial charge in [0.2, 0.25) is 0 Å². The second-order valence-corrected chi connectivity index (χ2v) is 5.35. The van der Waals surface area contributed by atoms with Gasteiger partial charge in [-0.15, -0.1) is 0 Å². The third kappa shape index (κ3) is 6.29. The Labute approximate surface area is 134 Å². The summed E-state index contributed by atoms with van der Waals surface area (Å²) < 4.78 is 5.38. The number of allylic oxidation sites excluding steroid dienone is 3. The van der Waals surface area contributed by atoms with Crippen molar-refractivity contribution >= 4 is 11.4 Å². The largest absolute Gasteiger partial charge is 0.483 e. The first-order chi connectivity index (χ1) is 10.8. The van der Waals surface area contributed by atoms with Gasteiger partial charge < -0.3 is 4.74 Å². The minimum absolute atomic E-state index is 0.0222. The van der Waals surface area contributed by atoms with Gasteiger partial charge in [0, 0.05) is 6.07 Å². The quantitative estimate of drug-likeness (QED) is 0.397. The number of nitro groups is 2. The standard InChI is InChI=1S/C16H20N2O5/c1-12(2)5-4-6-13(3)9-10-23-16-8-7-14(17(19)20)11-15(16)18(21)22/h5,7-9,11H,4,6,10H2,1-3H3. The van der Waals surface area contributed by atoms with E-state index < -0.39 is 15.5 Å². The number of nitro benzene ring substituents is 2. The van der Waals surface area contributed by atoms with E-state index in [1.165, 1.54) is 17.7 Å². The van der Waals surface area contributed by atoms with Gasteiger partial charge in [0.05, 0.1) is 15.9 Å². The number of rotatable bonds is 8. The summed E-state index contributed by atoms with van der Waals surface area (Å²) in [6.45, 7) is 6.22. The van der Waals surface area contributed by atoms with Crippen molar-refractivity contribution in [1.29, 1.82) is 0 Å². The lowest BCUT2D eigenvalue weighted by atomic mass is 10.1. The minimum atomic E-state index is -0.687. The monoisotopic (exact) mass is 320 g/mol. The Bertz CT molecular complexity index is 646. The number of ether oxygens (including phenoxy) is 1. The third-order valence-corrected chi connectivity index (χ3v) is 3.11. The van der Waals surface area contributed by atoms with Crippen LogP contribution in [0.2, 0.25) is 0 Å². The van der Waals surface area contributed by atoms with E-state index in [0.29, 0.717) is 0 Å². The molecule has 1 rings (SSSR count). The Balaban J connectivity index is 2.72. The molecule has 0 fully saturated rings. The molecular weight excluding hydrogens is 300 g/mol. The molecule has 0 aliphatic rings. The first-order valence-electron chi connectivity index (χ1n) is 7.16. The molecule has 0 aromatic heterocycles. The summed E-state index contributed by atoms with van der Waals surface area (Å²) >= 11 is 0. The van der Waals surface area contributed by atoms with Gasteiger partial charge in [0.1, 0.15) is 6.61 Å². The molecule has 23 heavy (non-hydrogen) atoms. The van der Waals surface area contributed by atoms with Crippen LogP contribution < -0.4 is 4.74 Å². The van der Waals surface area contributed by atoms with E-state index in [9.17, 15) is 20.2 Å². The van der Waals surface area contributed by atoms with Gasteiger partial charge in [0.15, 0.2) is 5.75 Å². The summed E-state index contributed by atoms with van der Waals surface area (Å²) in [6.07, 6.45) is 5.81. The summed E-state index contributed by atoms with van der Waals surface area (Å²) in [5.41, 5.74) is 1.63. The summed E-state index contributed by atoms with van der Waals surface area (Å²) in [6, 6.07) is 3.34. The lowest BCUT2D eigenvalue weighted by Gasteiger charge is -2.05. The van der Waals surface area contributed by atoms with E-state index in [4.69, 9.17) is 4.74 Å². The van der Waals surface area contributed by atoms with Gasteiger partial charge in [-0.1, -0.05) is 17.2 Å². The van der Waals surface area contributed by atoms with Gasteiger partial charge in [-0.2, -0.15) is 0 Å². The van der Waals surface area contributed by atoms with Crippen LogP contribution in [0.3, 0.4) is 0 Å². The van der Waals surface area contributed by atoms with Crippen LogP contribution in [0.1, 0.15) is 33.6 Å². The maximum Gasteiger partial charge on any atom is 0.317 e. The first kappa shape index (κ1) is 18.3. The summed E-state index contributed by atoms with van der Waals surface area (Å²) in [7, 11) is 0. The van der Waals surface area contributed by atoms with Crippen molar-refractivity contribution in [2.24, 2.45) is 0 Å². The van der Waals surface area contributed by atoms with Crippen LogP contribution in [-0.4, -0.2) is 16.5 Å². The maximum atomic E-state index is 11.0. The summed E-state index contributed by atoms with van der Waals surface area (Å²) in [4.78, 5) is 20.3. The molecule has 0 heterocycles. The molecule has 0 saturated carbocycles. The molecule has 0 unspecified atom stereocenters. The number of non-ortho nitro benzene ring substituents is 1. The molecule has 0 aliphatic carbocycles. The predicted octanol–water partition coefficient (Wildman–Crippen LogP) is 4.57. The molecule has 0 bridgehead atoms. The fourth-order valence-corrected chi connectivity index (χ4v) is 1.85. The smallest absolute Gasteiger partial charge is 0.317 e. The third-order valence-electron chi connectivity index (χ3n) is 3.11. The maximum absolute atomic E-state index is 11.0. The highest BCUT2D eigenvalue weighted by Crippen LogP contribution is 2.30. The van der Waals surface area contributed by atoms with Gasteiger partial charge in [-0.25, -0.2) is 0 Å². The van der Waals surface area contributed by atoms with E-state index >= 15 is 0 Å². The van der Waals surface area contributed by atoms with Gasteiger partial charge in [-0.05, 0) is 45.8 Å². The second-order valence-electron chi connectivity index (χ2n) is 5.35. The van der Waals surface area contributed by atoms with E-state index in [2.05, 4.69) is 6.08 Å². The Morgan fingerprint density at radius 2 is 1.83 bits per heavy atom. The van der Waals surface area contributed by atoms with Crippen LogP contribution in [0.15, 0.2) is 41.5 Å². The molecule has 1 aromatic carbocycles. The number of benzene rings is 1. The van der Waals surface area contributed by atoms with Crippen molar-refractivity contribution in [3.05, 3.63) is 61.7 Å². The molecule has 0 spiro atoms. The highest BCUT2D eigenvalue weighted by atomic mass is 16.6. The van der Waals surface area contributed by atoms with E-state index in [1.54, 1.807) is 0 Å². The lowest BCUT2D eigenvalue weighted by molar-refractivity contribution is -0.394. The molecule has 7 nitrogen and oxygen atoms in total. The molecule has 7 heteroatoms. The topological polar surface area (TPSA) is 95.5 Å². The lowest BCUT2D eigenvalue weighted by Crippen LogP contribution is -2.00. The number of nitrogens with zero attached hydrogens (tertiary/aromatic N) is 2. The van der Waals surface area contributed by atoms with Crippen molar-refractivity contribution in [2.75, 3.05) is 6.61 Å². The van der Waals surface area contributed by atoms with Crippen LogP contribution in [-0.2, 0) is 0 Å². The summed E-state index contributed by atoms with van der Waals surface area (Å²) in [5, 5.41) is 21.6. The van der Waals surface area contributed by atoms with Crippen LogP contribution in [0.4, 0.5) is 11.4 Å². The molecule has 0 N–H and O–H groups in total. The Kier molecular flexibility index (Phi) is 6.92. The molecule has 0 aliphatic heterocycles. The average molecular weight is 320 g/mol. The second kappa shape index (κ2) is 8.67. The molecule has 0 saturated heterocycles. The van der Waals surface area contributed by atoms with Crippen molar-refractivity contribution < 1.29 is 14.6 Å². The summed E-state index contributed by atoms with van der Waals surface area (Å²) in [5.74, 6) is 0.0222. The molecule has 0 radical (unpaired) electrons. The Hall–Kier alpha value is -2.70. The Morgan fingerprint density at radius 3 is 2.39 bits per heavy atom. The van der Waals surface area contributed by atoms with Gasteiger partial charge in [-0.3, -0.25) is 20.2 Å². The molecule has 124 valence electrons. The predicted molar refractivity (Wildman–Crippen MR) is 87.7 cm³/mol. The average Bonchev–Trinajstić information content (AvgIpc) is 2.46. The van der Waals surface area contributed by atoms with Gasteiger partial charge in [0.25, 0.3) is 5.69 Å². The van der Waals surface area contributed by atoms with Crippen LogP contribution >= 0.6 is 0 Å². The zero-order valence-corrected chi connectivity index (χ0v) is 13.4. The van der Waals surface area contributed by atoms with Crippen LogP contribution in [0.25, 0.3) is 0 Å². The molecule has 0 amide bonds. The van der Waals surface area contributed by atoms with Gasteiger partial charge >= 0.3 is 5.69 Å². The normalized spacial score (nSPS) is 11.0. The highest BCUT2D eigenvalue weighted by Gasteiger charge is 2.20. The fraction of sp³-hybridized carbons (Fsp3) is 0.375. The fourth-order valence-electron chi connectivity index (χ4n) is 1.85. The zero-order valence-electron chi connectivity index (χ0n) is 13.4. The van der Waals surface area contributed by atoms with Crippen molar-refractivity contribution in [1.82, 2.24) is 0 Å². The van der Waals surface area contributed by atoms with Crippen LogP contribution in [0, 0.1) is 20.2 Å². The minimum Gasteiger partial charge on any atom is -0.483 e. The van der Waals surface area contributed by atoms with Crippen molar-refractivity contribution in [3.8, 4) is 5.75 Å². The molecular formula is C16H20N2O5. The van der Waals surface area contributed by atoms with E-state index in [0.717, 1.165) is 24.5 Å². The highest BCUT2D eigenvalue weighted by molar-refractivity contribution is 5.53. The van der Waals surface area contributed by atoms with E-state index in [1.807, 2.05) is 26.8 Å². The van der Waals surface area contributed by atoms with Crippen molar-refractivity contribution in [3.63, 3.8) is 0 Å². The number of hydrogen-bond acceptors (Lipinski definition) is 5. The molecule has 0 atom stereocenters. The van der Waals surface area contributed by atoms with Crippen LogP contribution in [0.5, 0.6) is 5.75 Å². The first-order valence-corrected chi connectivity index (χ1v) is 7.16. The Morgan fingerprint density at radius 1 is 1.13 bits per heavy atom. The van der Waals surface area contributed by atoms with E-state index in [-0.39, 0.29) is 18.0 Å². The SMILES string of the molecule is CC(C)=CCCC(C)=CCOc1ccc([N+](=O)[O-])cc1[N+](=O)[O-]. The number of hydrogen-bond donors (Lipinski definition) is 0. The molecule has 1 aromatic rings. The zero-order chi connectivity index (χ0) is 17.4.